The third kappa shape index (κ3) is 43.4. The van der Waals surface area contributed by atoms with Gasteiger partial charge in [0.05, 0.1) is 6.61 Å². The number of aliphatic carboxylic acids is 1. The summed E-state index contributed by atoms with van der Waals surface area (Å²) in [6.07, 6.45) is 62.7. The lowest BCUT2D eigenvalue weighted by Crippen LogP contribution is -2.61. The lowest BCUT2D eigenvalue weighted by atomic mass is 9.98. The highest BCUT2D eigenvalue weighted by molar-refractivity contribution is 5.74. The van der Waals surface area contributed by atoms with E-state index in [2.05, 4.69) is 154 Å². The van der Waals surface area contributed by atoms with E-state index in [0.29, 0.717) is 19.3 Å². The van der Waals surface area contributed by atoms with Gasteiger partial charge >= 0.3 is 23.9 Å². The summed E-state index contributed by atoms with van der Waals surface area (Å²) in [6.45, 7) is 5.63. The van der Waals surface area contributed by atoms with Gasteiger partial charge in [0.15, 0.2) is 24.6 Å². The van der Waals surface area contributed by atoms with E-state index in [1.807, 2.05) is 0 Å². The average Bonchev–Trinajstić information content (AvgIpc) is 3.44. The van der Waals surface area contributed by atoms with Gasteiger partial charge in [0, 0.05) is 19.3 Å². The number of rotatable bonds is 49. The molecule has 0 aromatic heterocycles. The van der Waals surface area contributed by atoms with E-state index in [4.69, 9.17) is 23.7 Å². The first-order valence-corrected chi connectivity index (χ1v) is 30.2. The first-order valence-electron chi connectivity index (χ1n) is 30.2. The molecule has 0 spiro atoms. The van der Waals surface area contributed by atoms with Crippen LogP contribution in [-0.2, 0) is 42.9 Å². The van der Waals surface area contributed by atoms with Crippen molar-refractivity contribution in [2.75, 3.05) is 13.2 Å². The van der Waals surface area contributed by atoms with Crippen molar-refractivity contribution in [3.63, 3.8) is 0 Å². The Morgan fingerprint density at radius 1 is 0.430 bits per heavy atom. The van der Waals surface area contributed by atoms with Crippen LogP contribution in [0.2, 0.25) is 0 Å². The number of ether oxygens (including phenoxy) is 5. The van der Waals surface area contributed by atoms with Crippen molar-refractivity contribution in [1.82, 2.24) is 0 Å². The Labute approximate surface area is 477 Å². The van der Waals surface area contributed by atoms with Gasteiger partial charge in [-0.2, -0.15) is 0 Å². The molecule has 1 heterocycles. The van der Waals surface area contributed by atoms with Gasteiger partial charge in [0.2, 0.25) is 0 Å². The zero-order chi connectivity index (χ0) is 57.5. The van der Waals surface area contributed by atoms with E-state index >= 15 is 0 Å². The molecule has 1 fully saturated rings. The van der Waals surface area contributed by atoms with Gasteiger partial charge in [0.25, 0.3) is 0 Å². The minimum Gasteiger partial charge on any atom is -0.479 e. The van der Waals surface area contributed by atoms with Crippen LogP contribution in [0.3, 0.4) is 0 Å². The summed E-state index contributed by atoms with van der Waals surface area (Å²) >= 11 is 0. The van der Waals surface area contributed by atoms with Crippen molar-refractivity contribution in [2.24, 2.45) is 0 Å². The van der Waals surface area contributed by atoms with Crippen molar-refractivity contribution >= 4 is 23.9 Å². The highest BCUT2D eigenvalue weighted by Gasteiger charge is 2.50. The Morgan fingerprint density at radius 3 is 1.23 bits per heavy atom. The maximum Gasteiger partial charge on any atom is 0.335 e. The van der Waals surface area contributed by atoms with Gasteiger partial charge in [-0.25, -0.2) is 4.79 Å². The van der Waals surface area contributed by atoms with Crippen LogP contribution in [0.1, 0.15) is 213 Å². The summed E-state index contributed by atoms with van der Waals surface area (Å²) in [5.74, 6) is -3.24. The molecule has 1 aliphatic heterocycles. The Kier molecular flexibility index (Phi) is 48.7. The fourth-order valence-corrected chi connectivity index (χ4v) is 8.13. The monoisotopic (exact) mass is 1100 g/mol. The maximum atomic E-state index is 13.2. The molecule has 12 heteroatoms. The van der Waals surface area contributed by atoms with Crippen LogP contribution in [0.25, 0.3) is 0 Å². The number of carbonyl (C=O) groups is 4. The molecule has 0 aromatic rings. The van der Waals surface area contributed by atoms with Crippen LogP contribution in [0.15, 0.2) is 134 Å². The number of unbranched alkanes of at least 4 members (excludes halogenated alkanes) is 13. The number of carboxylic acids is 1. The molecular formula is C67H104O12. The van der Waals surface area contributed by atoms with E-state index in [9.17, 15) is 34.5 Å². The van der Waals surface area contributed by atoms with Crippen LogP contribution in [0.4, 0.5) is 0 Å². The second kappa shape index (κ2) is 53.5. The first-order chi connectivity index (χ1) is 38.6. The fourth-order valence-electron chi connectivity index (χ4n) is 8.13. The van der Waals surface area contributed by atoms with Gasteiger partial charge in [-0.05, 0) is 128 Å². The molecular weight excluding hydrogens is 997 g/mol. The summed E-state index contributed by atoms with van der Waals surface area (Å²) in [5, 5.41) is 31.5. The largest absolute Gasteiger partial charge is 0.479 e. The Bertz CT molecular complexity index is 1880. The predicted molar refractivity (Wildman–Crippen MR) is 321 cm³/mol. The summed E-state index contributed by atoms with van der Waals surface area (Å²) in [7, 11) is 0. The van der Waals surface area contributed by atoms with Gasteiger partial charge in [-0.3, -0.25) is 14.4 Å². The number of carbonyl (C=O) groups excluding carboxylic acids is 3. The van der Waals surface area contributed by atoms with Crippen molar-refractivity contribution in [3.05, 3.63) is 134 Å². The van der Waals surface area contributed by atoms with Gasteiger partial charge in [-0.15, -0.1) is 0 Å². The Morgan fingerprint density at radius 2 is 0.797 bits per heavy atom. The van der Waals surface area contributed by atoms with Crippen LogP contribution < -0.4 is 0 Å². The first kappa shape index (κ1) is 71.9. The molecule has 444 valence electrons. The molecule has 0 bridgehead atoms. The quantitative estimate of drug-likeness (QED) is 0.0228. The number of hydrogen-bond donors (Lipinski definition) is 3. The Balaban J connectivity index is 2.74. The zero-order valence-corrected chi connectivity index (χ0v) is 48.8. The molecule has 0 saturated carbocycles. The smallest absolute Gasteiger partial charge is 0.335 e. The summed E-state index contributed by atoms with van der Waals surface area (Å²) in [4.78, 5) is 51.2. The van der Waals surface area contributed by atoms with Crippen LogP contribution in [0.5, 0.6) is 0 Å². The van der Waals surface area contributed by atoms with Gasteiger partial charge in [-0.1, -0.05) is 199 Å². The molecule has 1 saturated heterocycles. The third-order valence-electron chi connectivity index (χ3n) is 12.7. The highest BCUT2D eigenvalue weighted by Crippen LogP contribution is 2.26. The third-order valence-corrected chi connectivity index (χ3v) is 12.7. The molecule has 1 aliphatic rings. The lowest BCUT2D eigenvalue weighted by molar-refractivity contribution is -0.301. The lowest BCUT2D eigenvalue weighted by Gasteiger charge is -2.40. The average molecular weight is 1100 g/mol. The number of carboxylic acid groups (broad SMARTS) is 1. The van der Waals surface area contributed by atoms with E-state index in [-0.39, 0.29) is 25.9 Å². The van der Waals surface area contributed by atoms with Crippen molar-refractivity contribution in [1.29, 1.82) is 0 Å². The van der Waals surface area contributed by atoms with Crippen molar-refractivity contribution in [2.45, 2.75) is 250 Å². The van der Waals surface area contributed by atoms with Crippen molar-refractivity contribution < 1.29 is 58.2 Å². The SMILES string of the molecule is CC/C=C\C/C=C\C/C=C\C/C=C\C/C=C\CCCCCC(=O)OCC(COC1OC(C(=O)O)C(O)C(O)C1OC(=O)CCCCCCC/C=C\C/C=C\CCC)OC(=O)CCCCCC/C=C\C/C=C\C/C=C\C/C=C\CC. The summed E-state index contributed by atoms with van der Waals surface area (Å²) in [6, 6.07) is 0. The van der Waals surface area contributed by atoms with Crippen LogP contribution in [0, 0.1) is 0 Å². The molecule has 0 amide bonds. The number of allylic oxidation sites excluding steroid dienone is 22. The second-order valence-corrected chi connectivity index (χ2v) is 19.9. The molecule has 0 aromatic carbocycles. The van der Waals surface area contributed by atoms with Gasteiger partial charge in [0.1, 0.15) is 18.8 Å². The molecule has 1 rings (SSSR count). The standard InChI is InChI=1S/C67H104O12/c1-4-7-10-13-16-19-22-25-27-29-30-32-33-36-38-41-44-47-50-53-59(68)75-56-58(77-60(69)54-51-48-45-42-40-37-34-31-28-26-23-20-17-14-11-8-5-2)57-76-67-65(63(72)62(71)64(79-67)66(73)74)78-61(70)55-52-49-46-43-39-35-24-21-18-15-12-9-6-3/h7-8,10-12,15-17,19-21,24-28,30,32,34,36-38,58,62-65,67,71-72H,4-6,9,13-14,18,22-23,29,31,33,35,39-57H2,1-3H3,(H,73,74)/b10-7-,11-8-,15-12-,19-16-,20-17-,24-21-,27-25-,28-26-,32-30-,37-34-,38-36-. The fraction of sp³-hybridized carbons (Fsp3) is 0.612. The number of hydrogen-bond acceptors (Lipinski definition) is 11. The van der Waals surface area contributed by atoms with E-state index < -0.39 is 67.3 Å². The number of aliphatic hydroxyl groups is 2. The molecule has 3 N–H and O–H groups in total. The number of esters is 3. The minimum atomic E-state index is -1.92. The topological polar surface area (TPSA) is 175 Å². The summed E-state index contributed by atoms with van der Waals surface area (Å²) in [5.41, 5.74) is 0. The molecule has 12 nitrogen and oxygen atoms in total. The van der Waals surface area contributed by atoms with Crippen LogP contribution in [-0.4, -0.2) is 89.2 Å². The zero-order valence-electron chi connectivity index (χ0n) is 48.8. The summed E-state index contributed by atoms with van der Waals surface area (Å²) < 4.78 is 28.4. The number of aliphatic hydroxyl groups excluding tert-OH is 2. The molecule has 0 radical (unpaired) electrons. The van der Waals surface area contributed by atoms with E-state index in [1.165, 1.54) is 0 Å². The van der Waals surface area contributed by atoms with Gasteiger partial charge < -0.3 is 39.0 Å². The second-order valence-electron chi connectivity index (χ2n) is 19.9. The molecule has 6 atom stereocenters. The normalized spacial score (nSPS) is 18.8. The van der Waals surface area contributed by atoms with Crippen LogP contribution >= 0.6 is 0 Å². The molecule has 79 heavy (non-hydrogen) atoms. The Hall–Kier alpha value is -5.14. The minimum absolute atomic E-state index is 0.0302. The van der Waals surface area contributed by atoms with E-state index in [0.717, 1.165) is 154 Å². The van der Waals surface area contributed by atoms with E-state index in [1.54, 1.807) is 0 Å². The maximum absolute atomic E-state index is 13.2. The highest BCUT2D eigenvalue weighted by atomic mass is 16.7. The molecule has 0 aliphatic carbocycles. The predicted octanol–water partition coefficient (Wildman–Crippen LogP) is 15.8. The van der Waals surface area contributed by atoms with Crippen molar-refractivity contribution in [3.8, 4) is 0 Å². The molecule has 6 unspecified atom stereocenters.